The minimum absolute atomic E-state index is 0.0749. The minimum atomic E-state index is -0.728. The quantitative estimate of drug-likeness (QED) is 0.126. The summed E-state index contributed by atoms with van der Waals surface area (Å²) in [5.74, 6) is 0.00230. The molecule has 0 spiro atoms. The number of thiazole rings is 1. The van der Waals surface area contributed by atoms with Crippen molar-refractivity contribution in [2.45, 2.75) is 50.7 Å². The van der Waals surface area contributed by atoms with Crippen LogP contribution in [-0.4, -0.2) is 95.5 Å². The van der Waals surface area contributed by atoms with Crippen LogP contribution in [0.2, 0.25) is 0 Å². The fourth-order valence-corrected chi connectivity index (χ4v) is 7.57. The molecule has 2 aliphatic heterocycles. The highest BCUT2D eigenvalue weighted by Gasteiger charge is 2.34. The number of anilines is 2. The van der Waals surface area contributed by atoms with Gasteiger partial charge in [0, 0.05) is 45.5 Å². The maximum Gasteiger partial charge on any atom is 0.407 e. The van der Waals surface area contributed by atoms with E-state index >= 15 is 0 Å². The molecule has 4 N–H and O–H groups in total. The van der Waals surface area contributed by atoms with E-state index in [9.17, 15) is 28.8 Å². The summed E-state index contributed by atoms with van der Waals surface area (Å²) in [7, 11) is 3.19. The number of carbonyl (C=O) groups is 6. The van der Waals surface area contributed by atoms with Crippen molar-refractivity contribution in [3.63, 3.8) is 0 Å². The SMILES string of the molecule is CC(=O)NC(C(=O)N1CCC[C@H]1C=O)c1ccccc1.CNc1ccc(-c2cn3cc(NC=O)nc3s2)cc1.COC(=O)NC(C(=O)N1CCCC1)c1ccccc1. The molecule has 2 unspecified atom stereocenters. The fourth-order valence-electron chi connectivity index (χ4n) is 6.60. The Hall–Kier alpha value is -6.55. The number of carbonyl (C=O) groups excluding carboxylic acids is 6. The fraction of sp³-hybridized carbons (Fsp3) is 0.310. The lowest BCUT2D eigenvalue weighted by molar-refractivity contribution is -0.138. The monoisotopic (exact) mass is 808 g/mol. The first-order valence-corrected chi connectivity index (χ1v) is 19.7. The van der Waals surface area contributed by atoms with E-state index in [1.165, 1.54) is 14.0 Å². The second-order valence-electron chi connectivity index (χ2n) is 13.4. The Labute approximate surface area is 340 Å². The zero-order valence-corrected chi connectivity index (χ0v) is 33.4. The van der Waals surface area contributed by atoms with E-state index in [0.717, 1.165) is 70.9 Å². The van der Waals surface area contributed by atoms with Gasteiger partial charge in [-0.3, -0.25) is 23.6 Å². The summed E-state index contributed by atoms with van der Waals surface area (Å²) in [5, 5.41) is 10.9. The molecule has 2 saturated heterocycles. The van der Waals surface area contributed by atoms with Gasteiger partial charge in [0.15, 0.2) is 10.8 Å². The Bertz CT molecular complexity index is 2110. The van der Waals surface area contributed by atoms with Crippen molar-refractivity contribution in [1.29, 1.82) is 0 Å². The Morgan fingerprint density at radius 3 is 1.97 bits per heavy atom. The summed E-state index contributed by atoms with van der Waals surface area (Å²) in [6.07, 6.45) is 8.19. The molecule has 5 aromatic rings. The number of methoxy groups -OCH3 is 1. The number of amides is 5. The first-order chi connectivity index (χ1) is 28.1. The largest absolute Gasteiger partial charge is 0.453 e. The van der Waals surface area contributed by atoms with Crippen molar-refractivity contribution in [2.75, 3.05) is 44.4 Å². The number of aldehydes is 1. The van der Waals surface area contributed by atoms with Gasteiger partial charge >= 0.3 is 6.09 Å². The van der Waals surface area contributed by atoms with E-state index in [4.69, 9.17) is 0 Å². The third-order valence-corrected chi connectivity index (χ3v) is 10.6. The van der Waals surface area contributed by atoms with Gasteiger partial charge in [-0.1, -0.05) is 84.1 Å². The van der Waals surface area contributed by atoms with Crippen LogP contribution in [0.25, 0.3) is 15.4 Å². The molecule has 0 saturated carbocycles. The zero-order chi connectivity index (χ0) is 41.4. The van der Waals surface area contributed by atoms with Crippen LogP contribution in [0.1, 0.15) is 55.8 Å². The molecule has 4 heterocycles. The minimum Gasteiger partial charge on any atom is -0.453 e. The van der Waals surface area contributed by atoms with E-state index in [2.05, 4.69) is 43.1 Å². The normalized spacial score (nSPS) is 15.4. The van der Waals surface area contributed by atoms with Crippen LogP contribution in [-0.2, 0) is 28.7 Å². The zero-order valence-electron chi connectivity index (χ0n) is 32.6. The van der Waals surface area contributed by atoms with E-state index in [1.54, 1.807) is 39.5 Å². The summed E-state index contributed by atoms with van der Waals surface area (Å²) < 4.78 is 6.51. The van der Waals surface area contributed by atoms with Crippen molar-refractivity contribution >= 4 is 64.3 Å². The van der Waals surface area contributed by atoms with Crippen LogP contribution in [0.4, 0.5) is 16.3 Å². The highest BCUT2D eigenvalue weighted by atomic mass is 32.1. The second kappa shape index (κ2) is 21.1. The maximum absolute atomic E-state index is 12.6. The van der Waals surface area contributed by atoms with Gasteiger partial charge in [-0.05, 0) is 54.5 Å². The van der Waals surface area contributed by atoms with Crippen LogP contribution < -0.4 is 21.3 Å². The maximum atomic E-state index is 12.6. The van der Waals surface area contributed by atoms with E-state index in [1.807, 2.05) is 78.3 Å². The van der Waals surface area contributed by atoms with Gasteiger partial charge < -0.3 is 40.6 Å². The number of fused-ring (bicyclic) bond motifs is 1. The van der Waals surface area contributed by atoms with Gasteiger partial charge in [0.05, 0.1) is 24.2 Å². The average molecular weight is 809 g/mol. The molecule has 2 aromatic heterocycles. The number of ether oxygens (including phenoxy) is 1. The second-order valence-corrected chi connectivity index (χ2v) is 14.4. The summed E-state index contributed by atoms with van der Waals surface area (Å²) in [5.41, 5.74) is 3.73. The molecule has 2 fully saturated rings. The lowest BCUT2D eigenvalue weighted by Gasteiger charge is -2.26. The molecular formula is C42H48N8O7S. The summed E-state index contributed by atoms with van der Waals surface area (Å²) in [6.45, 7) is 3.45. The smallest absolute Gasteiger partial charge is 0.407 e. The Balaban J connectivity index is 0.000000166. The van der Waals surface area contributed by atoms with Crippen molar-refractivity contribution < 1.29 is 33.5 Å². The van der Waals surface area contributed by atoms with Crippen molar-refractivity contribution in [3.8, 4) is 10.4 Å². The van der Waals surface area contributed by atoms with Gasteiger partial charge in [-0.25, -0.2) is 9.78 Å². The van der Waals surface area contributed by atoms with Gasteiger partial charge in [0.2, 0.25) is 24.1 Å². The summed E-state index contributed by atoms with van der Waals surface area (Å²) >= 11 is 1.59. The van der Waals surface area contributed by atoms with Crippen molar-refractivity contribution in [1.82, 2.24) is 29.8 Å². The van der Waals surface area contributed by atoms with E-state index in [-0.39, 0.29) is 23.8 Å². The molecule has 3 atom stereocenters. The van der Waals surface area contributed by atoms with E-state index < -0.39 is 18.2 Å². The predicted octanol–water partition coefficient (Wildman–Crippen LogP) is 5.43. The van der Waals surface area contributed by atoms with Crippen LogP contribution in [0.15, 0.2) is 97.3 Å². The number of nitrogens with one attached hydrogen (secondary N) is 4. The molecule has 58 heavy (non-hydrogen) atoms. The van der Waals surface area contributed by atoms with Gasteiger partial charge in [0.25, 0.3) is 0 Å². The lowest BCUT2D eigenvalue weighted by Crippen LogP contribution is -2.45. The molecule has 304 valence electrons. The third-order valence-electron chi connectivity index (χ3n) is 9.53. The number of aromatic nitrogens is 2. The first-order valence-electron chi connectivity index (χ1n) is 18.9. The van der Waals surface area contributed by atoms with E-state index in [0.29, 0.717) is 25.2 Å². The number of rotatable bonds is 11. The molecule has 16 heteroatoms. The molecule has 7 rings (SSSR count). The Morgan fingerprint density at radius 2 is 1.43 bits per heavy atom. The molecular weight excluding hydrogens is 761 g/mol. The molecule has 15 nitrogen and oxygen atoms in total. The topological polar surface area (TPSA) is 184 Å². The number of nitrogens with zero attached hydrogens (tertiary/aromatic N) is 4. The number of hydrogen-bond donors (Lipinski definition) is 4. The van der Waals surface area contributed by atoms with Crippen LogP contribution >= 0.6 is 11.3 Å². The number of imidazole rings is 1. The standard InChI is InChI=1S/C15H18N2O3.C14H18N2O3.C13H12N4OS/c1-11(19)16-14(12-6-3-2-4-7-12)15(20)17-9-5-8-13(17)10-18;1-19-14(18)15-12(11-7-3-2-4-8-11)13(17)16-9-5-6-10-16;1-14-10-4-2-9(3-5-10)11-6-17-7-12(15-8-18)16-13(17)19-11/h2-4,6-7,10,13-14H,5,8-9H2,1H3,(H,16,19);2-4,7-8,12H,5-6,9-10H2,1H3,(H,15,18);2-8,14H,1H3,(H,15,18)/t13-,14?;;/m0../s1. The predicted molar refractivity (Wildman–Crippen MR) is 222 cm³/mol. The Kier molecular flexibility index (Phi) is 15.5. The summed E-state index contributed by atoms with van der Waals surface area (Å²) in [4.78, 5) is 78.8. The summed E-state index contributed by atoms with van der Waals surface area (Å²) in [6, 6.07) is 24.7. The lowest BCUT2D eigenvalue weighted by atomic mass is 10.1. The molecule has 0 aliphatic carbocycles. The van der Waals surface area contributed by atoms with Crippen molar-refractivity contribution in [2.24, 2.45) is 0 Å². The highest BCUT2D eigenvalue weighted by Crippen LogP contribution is 2.30. The highest BCUT2D eigenvalue weighted by molar-refractivity contribution is 7.20. The van der Waals surface area contributed by atoms with Crippen LogP contribution in [0.5, 0.6) is 0 Å². The number of hydrogen-bond acceptors (Lipinski definition) is 10. The van der Waals surface area contributed by atoms with Gasteiger partial charge in [-0.15, -0.1) is 0 Å². The molecule has 3 aromatic carbocycles. The average Bonchev–Trinajstić information content (AvgIpc) is 4.09. The molecule has 2 aliphatic rings. The number of benzene rings is 3. The van der Waals surface area contributed by atoms with Gasteiger partial charge in [0.1, 0.15) is 18.4 Å². The molecule has 5 amide bonds. The van der Waals surface area contributed by atoms with Gasteiger partial charge in [-0.2, -0.15) is 0 Å². The Morgan fingerprint density at radius 1 is 0.810 bits per heavy atom. The molecule has 0 bridgehead atoms. The number of likely N-dealkylation sites (tertiary alicyclic amines) is 2. The third kappa shape index (κ3) is 11.3. The van der Waals surface area contributed by atoms with Crippen molar-refractivity contribution in [3.05, 3.63) is 108 Å². The number of alkyl carbamates (subject to hydrolysis) is 1. The molecule has 0 radical (unpaired) electrons. The van der Waals surface area contributed by atoms with Crippen LogP contribution in [0, 0.1) is 0 Å². The van der Waals surface area contributed by atoms with Crippen LogP contribution in [0.3, 0.4) is 0 Å². The first kappa shape index (κ1) is 42.6.